The summed E-state index contributed by atoms with van der Waals surface area (Å²) < 4.78 is 6.15. The van der Waals surface area contributed by atoms with Crippen LogP contribution in [0.25, 0.3) is 0 Å². The van der Waals surface area contributed by atoms with E-state index < -0.39 is 5.97 Å². The Morgan fingerprint density at radius 1 is 1.50 bits per heavy atom. The molecule has 8 nitrogen and oxygen atoms in total. The second-order valence-corrected chi connectivity index (χ2v) is 4.74. The van der Waals surface area contributed by atoms with Crippen molar-refractivity contribution in [3.05, 3.63) is 5.56 Å². The molecule has 4 N–H and O–H groups in total. The predicted octanol–water partition coefficient (Wildman–Crippen LogP) is -0.795. The number of carbonyl (C=O) groups is 1. The number of aliphatic hydroxyl groups excluding tert-OH is 2. The lowest BCUT2D eigenvalue weighted by atomic mass is 10.1. The molecular weight excluding hydrogens is 264 g/mol. The number of hydrogen-bond donors (Lipinski definition) is 3. The van der Waals surface area contributed by atoms with Gasteiger partial charge >= 0.3 is 5.97 Å². The van der Waals surface area contributed by atoms with E-state index >= 15 is 0 Å². The van der Waals surface area contributed by atoms with Crippen LogP contribution >= 0.6 is 0 Å². The van der Waals surface area contributed by atoms with Gasteiger partial charge in [-0.2, -0.15) is 5.10 Å². The quantitative estimate of drug-likeness (QED) is 0.620. The van der Waals surface area contributed by atoms with Crippen molar-refractivity contribution in [2.24, 2.45) is 0 Å². The molecule has 1 aromatic rings. The molecule has 0 aromatic carbocycles. The van der Waals surface area contributed by atoms with Gasteiger partial charge in [0.05, 0.1) is 26.4 Å². The molecular formula is C12H20N4O4. The number of methoxy groups -OCH3 is 1. The minimum atomic E-state index is -0.548. The van der Waals surface area contributed by atoms with Gasteiger partial charge in [-0.1, -0.05) is 0 Å². The van der Waals surface area contributed by atoms with E-state index in [0.29, 0.717) is 31.7 Å². The number of nitrogen functional groups attached to an aromatic ring is 1. The first-order valence-electron chi connectivity index (χ1n) is 6.57. The number of piperidine rings is 1. The van der Waals surface area contributed by atoms with E-state index in [2.05, 4.69) is 5.10 Å². The van der Waals surface area contributed by atoms with Crippen molar-refractivity contribution >= 4 is 17.6 Å². The largest absolute Gasteiger partial charge is 0.465 e. The fraction of sp³-hybridized carbons (Fsp3) is 0.667. The first kappa shape index (κ1) is 14.6. The summed E-state index contributed by atoms with van der Waals surface area (Å²) in [5.74, 6) is 0.0922. The van der Waals surface area contributed by atoms with Crippen molar-refractivity contribution in [2.45, 2.75) is 25.5 Å². The zero-order valence-electron chi connectivity index (χ0n) is 11.4. The first-order valence-corrected chi connectivity index (χ1v) is 6.57. The van der Waals surface area contributed by atoms with Crippen LogP contribution in [0.5, 0.6) is 0 Å². The van der Waals surface area contributed by atoms with Crippen LogP contribution in [-0.2, 0) is 11.3 Å². The molecule has 0 spiro atoms. The summed E-state index contributed by atoms with van der Waals surface area (Å²) >= 11 is 0. The Balaban J connectivity index is 2.35. The van der Waals surface area contributed by atoms with Crippen LogP contribution in [0.2, 0.25) is 0 Å². The molecule has 0 radical (unpaired) electrons. The van der Waals surface area contributed by atoms with Gasteiger partial charge < -0.3 is 25.6 Å². The third-order valence-corrected chi connectivity index (χ3v) is 3.44. The Morgan fingerprint density at radius 3 is 2.70 bits per heavy atom. The summed E-state index contributed by atoms with van der Waals surface area (Å²) in [5, 5.41) is 22.8. The molecule has 112 valence electrons. The molecule has 0 unspecified atom stereocenters. The third kappa shape index (κ3) is 2.70. The van der Waals surface area contributed by atoms with Gasteiger partial charge in [0.2, 0.25) is 0 Å². The van der Waals surface area contributed by atoms with Gasteiger partial charge in [-0.3, -0.25) is 0 Å². The second-order valence-electron chi connectivity index (χ2n) is 4.74. The number of ether oxygens (including phenoxy) is 1. The lowest BCUT2D eigenvalue weighted by Gasteiger charge is -2.30. The Bertz CT molecular complexity index is 480. The molecule has 0 amide bonds. The van der Waals surface area contributed by atoms with Crippen molar-refractivity contribution in [3.8, 4) is 0 Å². The molecule has 0 bridgehead atoms. The van der Waals surface area contributed by atoms with E-state index in [9.17, 15) is 9.90 Å². The van der Waals surface area contributed by atoms with Crippen LogP contribution in [0.15, 0.2) is 0 Å². The van der Waals surface area contributed by atoms with E-state index in [1.165, 1.54) is 11.8 Å². The summed E-state index contributed by atoms with van der Waals surface area (Å²) in [6.45, 7) is 1.29. The van der Waals surface area contributed by atoms with Crippen LogP contribution in [0.3, 0.4) is 0 Å². The fourth-order valence-electron chi connectivity index (χ4n) is 2.32. The van der Waals surface area contributed by atoms with Gasteiger partial charge in [0.1, 0.15) is 11.4 Å². The summed E-state index contributed by atoms with van der Waals surface area (Å²) in [7, 11) is 1.29. The molecule has 0 saturated carbocycles. The normalized spacial score (nSPS) is 16.4. The Morgan fingerprint density at radius 2 is 2.15 bits per heavy atom. The lowest BCUT2D eigenvalue weighted by molar-refractivity contribution is 0.0602. The molecule has 1 fully saturated rings. The minimum absolute atomic E-state index is 0.120. The Labute approximate surface area is 116 Å². The SMILES string of the molecule is COC(=O)c1c(N2CCC(O)CC2)nn(CCO)c1N. The van der Waals surface area contributed by atoms with Crippen molar-refractivity contribution in [1.29, 1.82) is 0 Å². The number of nitrogens with two attached hydrogens (primary N) is 1. The number of aromatic nitrogens is 2. The number of esters is 1. The highest BCUT2D eigenvalue weighted by Gasteiger charge is 2.28. The standard InChI is InChI=1S/C12H20N4O4/c1-20-12(19)9-10(13)16(6-7-17)14-11(9)15-4-2-8(18)3-5-15/h8,17-18H,2-7,13H2,1H3. The maximum Gasteiger partial charge on any atom is 0.345 e. The highest BCUT2D eigenvalue weighted by Crippen LogP contribution is 2.28. The zero-order chi connectivity index (χ0) is 14.7. The van der Waals surface area contributed by atoms with Crippen molar-refractivity contribution < 1.29 is 19.7 Å². The van der Waals surface area contributed by atoms with Crippen LogP contribution < -0.4 is 10.6 Å². The molecule has 0 aliphatic carbocycles. The highest BCUT2D eigenvalue weighted by atomic mass is 16.5. The van der Waals surface area contributed by atoms with Crippen LogP contribution in [0.4, 0.5) is 11.6 Å². The number of rotatable bonds is 4. The minimum Gasteiger partial charge on any atom is -0.465 e. The topological polar surface area (TPSA) is 114 Å². The fourth-order valence-corrected chi connectivity index (χ4v) is 2.32. The Kier molecular flexibility index (Phi) is 4.46. The highest BCUT2D eigenvalue weighted by molar-refractivity contribution is 5.99. The lowest BCUT2D eigenvalue weighted by Crippen LogP contribution is -2.37. The smallest absolute Gasteiger partial charge is 0.345 e. The molecule has 1 aliphatic heterocycles. The van der Waals surface area contributed by atoms with Crippen LogP contribution in [0.1, 0.15) is 23.2 Å². The summed E-state index contributed by atoms with van der Waals surface area (Å²) in [5.41, 5.74) is 6.13. The number of hydrogen-bond acceptors (Lipinski definition) is 7. The van der Waals surface area contributed by atoms with Gasteiger partial charge in [0.25, 0.3) is 0 Å². The molecule has 2 rings (SSSR count). The van der Waals surface area contributed by atoms with E-state index in [-0.39, 0.29) is 30.6 Å². The molecule has 20 heavy (non-hydrogen) atoms. The van der Waals surface area contributed by atoms with E-state index in [1.54, 1.807) is 0 Å². The zero-order valence-corrected chi connectivity index (χ0v) is 11.4. The van der Waals surface area contributed by atoms with Gasteiger partial charge in [0, 0.05) is 13.1 Å². The van der Waals surface area contributed by atoms with Gasteiger partial charge in [0.15, 0.2) is 5.82 Å². The van der Waals surface area contributed by atoms with E-state index in [0.717, 1.165) is 0 Å². The number of anilines is 2. The van der Waals surface area contributed by atoms with Crippen molar-refractivity contribution in [1.82, 2.24) is 9.78 Å². The molecule has 0 atom stereocenters. The average molecular weight is 284 g/mol. The molecule has 1 aliphatic rings. The summed E-state index contributed by atoms with van der Waals surface area (Å²) in [6.07, 6.45) is 0.922. The third-order valence-electron chi connectivity index (χ3n) is 3.44. The van der Waals surface area contributed by atoms with Crippen molar-refractivity contribution in [3.63, 3.8) is 0 Å². The maximum atomic E-state index is 11.9. The monoisotopic (exact) mass is 284 g/mol. The second kappa shape index (κ2) is 6.10. The molecule has 1 aromatic heterocycles. The molecule has 2 heterocycles. The van der Waals surface area contributed by atoms with Gasteiger partial charge in [-0.15, -0.1) is 0 Å². The average Bonchev–Trinajstić information content (AvgIpc) is 2.77. The maximum absolute atomic E-state index is 11.9. The predicted molar refractivity (Wildman–Crippen MR) is 72.5 cm³/mol. The molecule has 8 heteroatoms. The van der Waals surface area contributed by atoms with Crippen LogP contribution in [-0.4, -0.2) is 58.9 Å². The number of carbonyl (C=O) groups excluding carboxylic acids is 1. The number of aliphatic hydroxyl groups is 2. The Hall–Kier alpha value is -1.80. The van der Waals surface area contributed by atoms with Gasteiger partial charge in [-0.05, 0) is 12.8 Å². The number of nitrogens with zero attached hydrogens (tertiary/aromatic N) is 3. The first-order chi connectivity index (χ1) is 9.58. The van der Waals surface area contributed by atoms with E-state index in [4.69, 9.17) is 15.6 Å². The van der Waals surface area contributed by atoms with Crippen LogP contribution in [0, 0.1) is 0 Å². The summed E-state index contributed by atoms with van der Waals surface area (Å²) in [4.78, 5) is 13.8. The summed E-state index contributed by atoms with van der Waals surface area (Å²) in [6, 6.07) is 0. The van der Waals surface area contributed by atoms with E-state index in [1.807, 2.05) is 4.90 Å². The van der Waals surface area contributed by atoms with Crippen molar-refractivity contribution in [2.75, 3.05) is 37.4 Å². The molecule has 1 saturated heterocycles. The van der Waals surface area contributed by atoms with Gasteiger partial charge in [-0.25, -0.2) is 9.48 Å².